The lowest BCUT2D eigenvalue weighted by Gasteiger charge is -2.10. The maximum Gasteiger partial charge on any atom is 0.328 e. The van der Waals surface area contributed by atoms with Crippen molar-refractivity contribution in [2.45, 2.75) is 31.6 Å². The number of unbranched alkanes of at least 4 members (excludes halogenated alkanes) is 1. The summed E-state index contributed by atoms with van der Waals surface area (Å²) < 4.78 is 41.5. The van der Waals surface area contributed by atoms with Crippen molar-refractivity contribution in [1.29, 1.82) is 0 Å². The number of nitrogens with zero attached hydrogens (tertiary/aromatic N) is 2. The lowest BCUT2D eigenvalue weighted by Crippen LogP contribution is -2.39. The van der Waals surface area contributed by atoms with Crippen LogP contribution in [0, 0.1) is 12.7 Å². The number of hydrogen-bond acceptors (Lipinski definition) is 5. The van der Waals surface area contributed by atoms with Crippen molar-refractivity contribution >= 4 is 33.3 Å². The summed E-state index contributed by atoms with van der Waals surface area (Å²) in [6, 6.07) is 7.21. The molecular formula is C20H22FN5O4S. The van der Waals surface area contributed by atoms with E-state index in [0.717, 1.165) is 19.0 Å². The number of carbonyl (C=O) groups excluding carboxylic acids is 2. The summed E-state index contributed by atoms with van der Waals surface area (Å²) in [5.74, 6) is -1.04. The topological polar surface area (TPSA) is 122 Å². The molecule has 2 heterocycles. The van der Waals surface area contributed by atoms with Gasteiger partial charge in [-0.25, -0.2) is 27.3 Å². The van der Waals surface area contributed by atoms with Gasteiger partial charge in [0.2, 0.25) is 0 Å². The molecule has 0 aliphatic heterocycles. The summed E-state index contributed by atoms with van der Waals surface area (Å²) in [5.41, 5.74) is 1.33. The molecule has 0 atom stereocenters. The van der Waals surface area contributed by atoms with Crippen molar-refractivity contribution in [2.75, 3.05) is 11.9 Å². The van der Waals surface area contributed by atoms with Gasteiger partial charge in [0.05, 0.1) is 10.6 Å². The van der Waals surface area contributed by atoms with Gasteiger partial charge in [-0.3, -0.25) is 9.20 Å². The number of nitrogens with one attached hydrogen (secondary N) is 3. The molecule has 31 heavy (non-hydrogen) atoms. The average molecular weight is 447 g/mol. The van der Waals surface area contributed by atoms with Crippen molar-refractivity contribution in [3.63, 3.8) is 0 Å². The van der Waals surface area contributed by atoms with E-state index in [1.54, 1.807) is 6.92 Å². The number of amides is 3. The number of imidazole rings is 1. The van der Waals surface area contributed by atoms with E-state index >= 15 is 0 Å². The Morgan fingerprint density at radius 1 is 1.13 bits per heavy atom. The number of aryl methyl sites for hydroxylation is 1. The van der Waals surface area contributed by atoms with Gasteiger partial charge in [-0.2, -0.15) is 0 Å². The highest BCUT2D eigenvalue weighted by Gasteiger charge is 2.19. The second kappa shape index (κ2) is 9.13. The first-order valence-corrected chi connectivity index (χ1v) is 11.1. The fourth-order valence-corrected chi connectivity index (χ4v) is 3.84. The third-order valence-corrected chi connectivity index (χ3v) is 5.78. The van der Waals surface area contributed by atoms with Gasteiger partial charge in [0, 0.05) is 18.4 Å². The van der Waals surface area contributed by atoms with Crippen LogP contribution in [0.1, 0.15) is 35.9 Å². The number of urea groups is 1. The molecule has 0 aliphatic rings. The smallest absolute Gasteiger partial charge is 0.328 e. The minimum atomic E-state index is -4.06. The molecule has 0 bridgehead atoms. The van der Waals surface area contributed by atoms with Gasteiger partial charge in [0.15, 0.2) is 0 Å². The molecule has 1 aromatic carbocycles. The lowest BCUT2D eigenvalue weighted by molar-refractivity contribution is 0.102. The highest BCUT2D eigenvalue weighted by Crippen LogP contribution is 2.18. The average Bonchev–Trinajstić information content (AvgIpc) is 3.03. The zero-order valence-electron chi connectivity index (χ0n) is 17.0. The first-order chi connectivity index (χ1) is 14.7. The Hall–Kier alpha value is -3.47. The predicted molar refractivity (Wildman–Crippen MR) is 113 cm³/mol. The second-order valence-corrected chi connectivity index (χ2v) is 8.50. The molecule has 164 valence electrons. The summed E-state index contributed by atoms with van der Waals surface area (Å²) in [7, 11) is -4.06. The van der Waals surface area contributed by atoms with Gasteiger partial charge in [0.1, 0.15) is 17.2 Å². The van der Waals surface area contributed by atoms with Gasteiger partial charge in [-0.05, 0) is 49.7 Å². The van der Waals surface area contributed by atoms with E-state index < -0.39 is 27.8 Å². The summed E-state index contributed by atoms with van der Waals surface area (Å²) in [4.78, 5) is 28.5. The second-order valence-electron chi connectivity index (χ2n) is 6.81. The fraction of sp³-hybridized carbons (Fsp3) is 0.250. The number of carbonyl (C=O) groups is 2. The van der Waals surface area contributed by atoms with Crippen LogP contribution in [-0.2, 0) is 10.0 Å². The molecule has 2 aromatic heterocycles. The van der Waals surface area contributed by atoms with E-state index in [1.807, 2.05) is 11.6 Å². The Balaban J connectivity index is 1.72. The van der Waals surface area contributed by atoms with Gasteiger partial charge in [0.25, 0.3) is 15.9 Å². The van der Waals surface area contributed by atoms with Gasteiger partial charge < -0.3 is 10.6 Å². The van der Waals surface area contributed by atoms with Crippen LogP contribution in [0.3, 0.4) is 0 Å². The number of benzene rings is 1. The third kappa shape index (κ3) is 5.18. The van der Waals surface area contributed by atoms with Crippen molar-refractivity contribution in [3.8, 4) is 0 Å². The highest BCUT2D eigenvalue weighted by molar-refractivity contribution is 7.90. The molecule has 3 aromatic rings. The Morgan fingerprint density at radius 2 is 1.84 bits per heavy atom. The van der Waals surface area contributed by atoms with Crippen LogP contribution >= 0.6 is 0 Å². The molecule has 0 radical (unpaired) electrons. The Kier molecular flexibility index (Phi) is 6.54. The van der Waals surface area contributed by atoms with Crippen LogP contribution in [0.4, 0.5) is 14.9 Å². The summed E-state index contributed by atoms with van der Waals surface area (Å²) in [5, 5.41) is 5.10. The maximum atomic E-state index is 13.6. The van der Waals surface area contributed by atoms with Crippen molar-refractivity contribution in [1.82, 2.24) is 19.4 Å². The number of pyridine rings is 1. The van der Waals surface area contributed by atoms with E-state index in [9.17, 15) is 22.4 Å². The van der Waals surface area contributed by atoms with Crippen LogP contribution in [0.2, 0.25) is 0 Å². The van der Waals surface area contributed by atoms with Crippen LogP contribution in [0.25, 0.3) is 5.65 Å². The first kappa shape index (κ1) is 22.2. The van der Waals surface area contributed by atoms with Crippen LogP contribution < -0.4 is 15.4 Å². The largest absolute Gasteiger partial charge is 0.337 e. The van der Waals surface area contributed by atoms with Crippen molar-refractivity contribution in [2.24, 2.45) is 0 Å². The molecule has 11 heteroatoms. The molecule has 0 saturated carbocycles. The fourth-order valence-electron chi connectivity index (χ4n) is 2.91. The van der Waals surface area contributed by atoms with Crippen molar-refractivity contribution < 1.29 is 22.4 Å². The molecule has 3 amide bonds. The molecule has 0 unspecified atom stereocenters. The molecule has 3 N–H and O–H groups in total. The third-order valence-electron chi connectivity index (χ3n) is 4.44. The van der Waals surface area contributed by atoms with Crippen LogP contribution in [0.15, 0.2) is 47.5 Å². The number of rotatable bonds is 7. The number of halogens is 1. The Labute approximate surface area is 178 Å². The van der Waals surface area contributed by atoms with E-state index in [-0.39, 0.29) is 10.6 Å². The molecular weight excluding hydrogens is 425 g/mol. The van der Waals surface area contributed by atoms with E-state index in [0.29, 0.717) is 23.6 Å². The molecule has 0 spiro atoms. The molecule has 0 fully saturated rings. The summed E-state index contributed by atoms with van der Waals surface area (Å²) in [6.07, 6.45) is 2.77. The number of aromatic nitrogens is 2. The first-order valence-electron chi connectivity index (χ1n) is 9.57. The normalized spacial score (nSPS) is 11.3. The number of fused-ring (bicyclic) bond motifs is 1. The number of hydrogen-bond donors (Lipinski definition) is 3. The van der Waals surface area contributed by atoms with Crippen LogP contribution in [0.5, 0.6) is 0 Å². The number of sulfonamides is 1. The zero-order valence-corrected chi connectivity index (χ0v) is 17.8. The number of anilines is 1. The quantitative estimate of drug-likeness (QED) is 0.481. The summed E-state index contributed by atoms with van der Waals surface area (Å²) >= 11 is 0. The molecule has 0 saturated heterocycles. The molecule has 9 nitrogen and oxygen atoms in total. The minimum absolute atomic E-state index is 0.135. The zero-order chi connectivity index (χ0) is 22.6. The van der Waals surface area contributed by atoms with E-state index in [2.05, 4.69) is 15.6 Å². The van der Waals surface area contributed by atoms with E-state index in [4.69, 9.17) is 0 Å². The van der Waals surface area contributed by atoms with Crippen LogP contribution in [-0.4, -0.2) is 36.3 Å². The SMILES string of the molecule is CCCCNC(=O)NS(=O)(=O)c1ccc(NC(=O)c2c(C)nc3ccc(F)cn23)cc1. The van der Waals surface area contributed by atoms with Crippen molar-refractivity contribution in [3.05, 3.63) is 59.8 Å². The Morgan fingerprint density at radius 3 is 2.52 bits per heavy atom. The summed E-state index contributed by atoms with van der Waals surface area (Å²) in [6.45, 7) is 3.95. The monoisotopic (exact) mass is 447 g/mol. The van der Waals surface area contributed by atoms with E-state index in [1.165, 1.54) is 40.8 Å². The molecule has 0 aliphatic carbocycles. The Bertz CT molecular complexity index is 1220. The molecule has 3 rings (SSSR count). The minimum Gasteiger partial charge on any atom is -0.337 e. The lowest BCUT2D eigenvalue weighted by atomic mass is 10.3. The van der Waals surface area contributed by atoms with Gasteiger partial charge in [-0.1, -0.05) is 13.3 Å². The maximum absolute atomic E-state index is 13.6. The van der Waals surface area contributed by atoms with Gasteiger partial charge >= 0.3 is 6.03 Å². The predicted octanol–water partition coefficient (Wildman–Crippen LogP) is 2.82. The standard InChI is InChI=1S/C20H22FN5O4S/c1-3-4-11-22-20(28)25-31(29,30)16-8-6-15(7-9-16)24-19(27)18-13(2)23-17-10-5-14(21)12-26(17)18/h5-10,12H,3-4,11H2,1-2H3,(H,24,27)(H2,22,25,28). The van der Waals surface area contributed by atoms with Gasteiger partial charge in [-0.15, -0.1) is 0 Å². The highest BCUT2D eigenvalue weighted by atomic mass is 32.2.